The smallest absolute Gasteiger partial charge is 0.305 e. The maximum atomic E-state index is 12.7. The van der Waals surface area contributed by atoms with Crippen LogP contribution in [0.15, 0.2) is 48.5 Å². The molecule has 1 heterocycles. The number of amides is 1. The van der Waals surface area contributed by atoms with E-state index in [0.717, 1.165) is 11.1 Å². The first kappa shape index (κ1) is 20.4. The molecule has 3 aromatic rings. The number of aryl methyl sites for hydroxylation is 2. The summed E-state index contributed by atoms with van der Waals surface area (Å²) in [5, 5.41) is 26.8. The molecule has 0 aliphatic heterocycles. The van der Waals surface area contributed by atoms with Crippen LogP contribution in [0.4, 0.5) is 0 Å². The van der Waals surface area contributed by atoms with E-state index in [1.165, 1.54) is 10.7 Å². The molecular formula is C21H20ClN3O4. The van der Waals surface area contributed by atoms with Gasteiger partial charge in [0, 0.05) is 11.1 Å². The zero-order valence-electron chi connectivity index (χ0n) is 15.9. The summed E-state index contributed by atoms with van der Waals surface area (Å²) >= 11 is 5.97. The highest BCUT2D eigenvalue weighted by atomic mass is 35.5. The van der Waals surface area contributed by atoms with Crippen LogP contribution in [0.3, 0.4) is 0 Å². The zero-order chi connectivity index (χ0) is 21.1. The highest BCUT2D eigenvalue weighted by Crippen LogP contribution is 2.24. The van der Waals surface area contributed by atoms with E-state index in [4.69, 9.17) is 11.6 Å². The van der Waals surface area contributed by atoms with Gasteiger partial charge in [0.2, 0.25) is 5.88 Å². The minimum absolute atomic E-state index is 0.0392. The van der Waals surface area contributed by atoms with Gasteiger partial charge in [0.15, 0.2) is 5.69 Å². The molecule has 0 aliphatic rings. The average Bonchev–Trinajstić information content (AvgIpc) is 3.03. The third kappa shape index (κ3) is 4.75. The van der Waals surface area contributed by atoms with Crippen LogP contribution in [-0.4, -0.2) is 31.9 Å². The van der Waals surface area contributed by atoms with Crippen LogP contribution in [0.2, 0.25) is 5.02 Å². The van der Waals surface area contributed by atoms with Gasteiger partial charge < -0.3 is 15.5 Å². The van der Waals surface area contributed by atoms with Gasteiger partial charge in [-0.15, -0.1) is 0 Å². The molecule has 0 radical (unpaired) electrons. The van der Waals surface area contributed by atoms with Gasteiger partial charge in [0.1, 0.15) is 0 Å². The van der Waals surface area contributed by atoms with E-state index in [2.05, 4.69) is 10.4 Å². The lowest BCUT2D eigenvalue weighted by Gasteiger charge is -2.19. The van der Waals surface area contributed by atoms with E-state index in [9.17, 15) is 19.8 Å². The molecule has 1 unspecified atom stereocenters. The number of nitrogens with zero attached hydrogens (tertiary/aromatic N) is 2. The van der Waals surface area contributed by atoms with Gasteiger partial charge >= 0.3 is 5.97 Å². The molecule has 0 fully saturated rings. The largest absolute Gasteiger partial charge is 0.493 e. The number of carboxylic acid groups (broad SMARTS) is 1. The highest BCUT2D eigenvalue weighted by molar-refractivity contribution is 6.30. The normalized spacial score (nSPS) is 11.8. The van der Waals surface area contributed by atoms with E-state index < -0.39 is 17.9 Å². The number of carboxylic acids is 1. The summed E-state index contributed by atoms with van der Waals surface area (Å²) < 4.78 is 1.18. The van der Waals surface area contributed by atoms with E-state index in [0.29, 0.717) is 16.3 Å². The van der Waals surface area contributed by atoms with Crippen LogP contribution >= 0.6 is 11.6 Å². The number of nitrogens with one attached hydrogen (secondary N) is 1. The Labute approximate surface area is 172 Å². The molecule has 0 spiro atoms. The number of carbonyl (C=O) groups excluding carboxylic acids is 1. The van der Waals surface area contributed by atoms with Crippen molar-refractivity contribution in [2.75, 3.05) is 0 Å². The fraction of sp³-hybridized carbons (Fsp3) is 0.190. The predicted molar refractivity (Wildman–Crippen MR) is 109 cm³/mol. The van der Waals surface area contributed by atoms with Gasteiger partial charge in [-0.1, -0.05) is 41.4 Å². The summed E-state index contributed by atoms with van der Waals surface area (Å²) in [7, 11) is 0. The van der Waals surface area contributed by atoms with Crippen molar-refractivity contribution in [1.82, 2.24) is 15.1 Å². The van der Waals surface area contributed by atoms with Crippen molar-refractivity contribution in [3.05, 3.63) is 75.9 Å². The molecule has 29 heavy (non-hydrogen) atoms. The van der Waals surface area contributed by atoms with Crippen molar-refractivity contribution in [2.24, 2.45) is 0 Å². The number of rotatable bonds is 6. The van der Waals surface area contributed by atoms with E-state index in [1.54, 1.807) is 30.3 Å². The molecule has 3 N–H and O–H groups in total. The first-order chi connectivity index (χ1) is 13.7. The Morgan fingerprint density at radius 2 is 1.93 bits per heavy atom. The SMILES string of the molecule is Cc1ccc(C(CC(=O)O)NC(=O)c2cc(O)n(-c3cccc(Cl)c3)n2)c(C)c1. The number of hydrogen-bond donors (Lipinski definition) is 3. The first-order valence-electron chi connectivity index (χ1n) is 8.89. The summed E-state index contributed by atoms with van der Waals surface area (Å²) in [6.07, 6.45) is -0.281. The molecule has 1 amide bonds. The van der Waals surface area contributed by atoms with Crippen LogP contribution in [0.5, 0.6) is 5.88 Å². The van der Waals surface area contributed by atoms with Crippen molar-refractivity contribution >= 4 is 23.5 Å². The van der Waals surface area contributed by atoms with Crippen molar-refractivity contribution in [3.8, 4) is 11.6 Å². The number of benzene rings is 2. The van der Waals surface area contributed by atoms with Gasteiger partial charge in [-0.2, -0.15) is 5.10 Å². The second-order valence-corrected chi connectivity index (χ2v) is 7.20. The summed E-state index contributed by atoms with van der Waals surface area (Å²) in [4.78, 5) is 24.1. The van der Waals surface area contributed by atoms with Crippen LogP contribution in [-0.2, 0) is 4.79 Å². The molecule has 7 nitrogen and oxygen atoms in total. The number of hydrogen-bond acceptors (Lipinski definition) is 4. The second-order valence-electron chi connectivity index (χ2n) is 6.76. The van der Waals surface area contributed by atoms with Crippen molar-refractivity contribution in [1.29, 1.82) is 0 Å². The standard InChI is InChI=1S/C21H20ClN3O4/c1-12-6-7-16(13(2)8-12)17(11-20(27)28)23-21(29)18-10-19(26)25(24-18)15-5-3-4-14(22)9-15/h3-10,17,26H,11H2,1-2H3,(H,23,29)(H,27,28). The average molecular weight is 414 g/mol. The molecule has 2 aromatic carbocycles. The fourth-order valence-corrected chi connectivity index (χ4v) is 3.33. The quantitative estimate of drug-likeness (QED) is 0.570. The van der Waals surface area contributed by atoms with Crippen molar-refractivity contribution < 1.29 is 19.8 Å². The molecule has 150 valence electrons. The summed E-state index contributed by atoms with van der Waals surface area (Å²) in [6.45, 7) is 3.80. The van der Waals surface area contributed by atoms with E-state index in [1.807, 2.05) is 26.0 Å². The summed E-state index contributed by atoms with van der Waals surface area (Å²) in [5.41, 5.74) is 3.08. The lowest BCUT2D eigenvalue weighted by molar-refractivity contribution is -0.137. The minimum atomic E-state index is -1.04. The highest BCUT2D eigenvalue weighted by Gasteiger charge is 2.23. The molecule has 0 aliphatic carbocycles. The summed E-state index contributed by atoms with van der Waals surface area (Å²) in [6, 6.07) is 12.7. The fourth-order valence-electron chi connectivity index (χ4n) is 3.14. The minimum Gasteiger partial charge on any atom is -0.493 e. The third-order valence-electron chi connectivity index (χ3n) is 4.46. The number of aliphatic carboxylic acids is 1. The van der Waals surface area contributed by atoms with Crippen LogP contribution in [0.1, 0.15) is 39.6 Å². The van der Waals surface area contributed by atoms with Crippen LogP contribution < -0.4 is 5.32 Å². The number of halogens is 1. The lowest BCUT2D eigenvalue weighted by atomic mass is 9.97. The molecule has 1 aromatic heterocycles. The molecule has 3 rings (SSSR count). The topological polar surface area (TPSA) is 104 Å². The molecular weight excluding hydrogens is 394 g/mol. The Balaban J connectivity index is 1.88. The van der Waals surface area contributed by atoms with Crippen molar-refractivity contribution in [3.63, 3.8) is 0 Å². The molecule has 0 saturated heterocycles. The van der Waals surface area contributed by atoms with Crippen molar-refractivity contribution in [2.45, 2.75) is 26.3 Å². The second kappa shape index (κ2) is 8.36. The van der Waals surface area contributed by atoms with E-state index >= 15 is 0 Å². The van der Waals surface area contributed by atoms with Crippen LogP contribution in [0, 0.1) is 13.8 Å². The van der Waals surface area contributed by atoms with Crippen LogP contribution in [0.25, 0.3) is 5.69 Å². The lowest BCUT2D eigenvalue weighted by Crippen LogP contribution is -2.31. The van der Waals surface area contributed by atoms with Gasteiger partial charge in [-0.25, -0.2) is 4.68 Å². The van der Waals surface area contributed by atoms with Gasteiger partial charge in [-0.05, 0) is 43.2 Å². The Morgan fingerprint density at radius 1 is 1.17 bits per heavy atom. The molecule has 1 atom stereocenters. The Morgan fingerprint density at radius 3 is 2.59 bits per heavy atom. The number of aromatic nitrogens is 2. The Hall–Kier alpha value is -3.32. The summed E-state index contributed by atoms with van der Waals surface area (Å²) in [5.74, 6) is -1.87. The maximum absolute atomic E-state index is 12.7. The number of aromatic hydroxyl groups is 1. The monoisotopic (exact) mass is 413 g/mol. The van der Waals surface area contributed by atoms with Gasteiger partial charge in [0.05, 0.1) is 18.2 Å². The molecule has 8 heteroatoms. The molecule has 0 saturated carbocycles. The molecule has 0 bridgehead atoms. The number of carbonyl (C=O) groups is 2. The first-order valence-corrected chi connectivity index (χ1v) is 9.27. The third-order valence-corrected chi connectivity index (χ3v) is 4.70. The Kier molecular flexibility index (Phi) is 5.89. The predicted octanol–water partition coefficient (Wildman–Crippen LogP) is 3.79. The zero-order valence-corrected chi connectivity index (χ0v) is 16.6. The Bertz CT molecular complexity index is 1080. The van der Waals surface area contributed by atoms with Gasteiger partial charge in [-0.3, -0.25) is 9.59 Å². The van der Waals surface area contributed by atoms with Gasteiger partial charge in [0.25, 0.3) is 5.91 Å². The van der Waals surface area contributed by atoms with E-state index in [-0.39, 0.29) is 18.0 Å². The maximum Gasteiger partial charge on any atom is 0.305 e.